The highest BCUT2D eigenvalue weighted by atomic mass is 79.9. The zero-order valence-corrected chi connectivity index (χ0v) is 13.6. The first-order valence-electron chi connectivity index (χ1n) is 6.13. The third-order valence-electron chi connectivity index (χ3n) is 2.97. The van der Waals surface area contributed by atoms with Gasteiger partial charge >= 0.3 is 0 Å². The van der Waals surface area contributed by atoms with Gasteiger partial charge in [0, 0.05) is 39.9 Å². The Labute approximate surface area is 135 Å². The molecule has 2 rings (SSSR count). The van der Waals surface area contributed by atoms with E-state index < -0.39 is 5.82 Å². The van der Waals surface area contributed by atoms with Crippen LogP contribution < -0.4 is 5.73 Å². The van der Waals surface area contributed by atoms with Crippen molar-refractivity contribution in [3.05, 3.63) is 62.8 Å². The Bertz CT molecular complexity index is 653. The van der Waals surface area contributed by atoms with Gasteiger partial charge in [0.2, 0.25) is 0 Å². The van der Waals surface area contributed by atoms with Crippen LogP contribution in [0.4, 0.5) is 10.1 Å². The molecule has 0 saturated carbocycles. The van der Waals surface area contributed by atoms with Gasteiger partial charge in [0.05, 0.1) is 0 Å². The second kappa shape index (κ2) is 6.45. The molecule has 0 fully saturated rings. The number of anilines is 1. The van der Waals surface area contributed by atoms with E-state index in [-0.39, 0.29) is 18.0 Å². The third kappa shape index (κ3) is 3.74. The highest BCUT2D eigenvalue weighted by Crippen LogP contribution is 2.22. The SMILES string of the molecule is CN(Cc1c(F)cccc1Cl)C(=O)c1cc(N)cc(Br)c1. The van der Waals surface area contributed by atoms with Gasteiger partial charge in [0.1, 0.15) is 5.82 Å². The highest BCUT2D eigenvalue weighted by Gasteiger charge is 2.16. The van der Waals surface area contributed by atoms with E-state index in [0.717, 1.165) is 0 Å². The molecular weight excluding hydrogens is 359 g/mol. The minimum atomic E-state index is -0.434. The van der Waals surface area contributed by atoms with Crippen LogP contribution in [0.5, 0.6) is 0 Å². The molecule has 0 spiro atoms. The standard InChI is InChI=1S/C15H13BrClFN2O/c1-20(8-12-13(17)3-2-4-14(12)18)15(21)9-5-10(16)7-11(19)6-9/h2-7H,8,19H2,1H3. The summed E-state index contributed by atoms with van der Waals surface area (Å²) in [4.78, 5) is 13.8. The molecule has 0 radical (unpaired) electrons. The molecule has 0 aromatic heterocycles. The van der Waals surface area contributed by atoms with Crippen LogP contribution in [-0.4, -0.2) is 17.9 Å². The van der Waals surface area contributed by atoms with Crippen LogP contribution in [0.2, 0.25) is 5.02 Å². The number of amides is 1. The van der Waals surface area contributed by atoms with Crippen LogP contribution in [0.25, 0.3) is 0 Å². The summed E-state index contributed by atoms with van der Waals surface area (Å²) >= 11 is 9.26. The number of hydrogen-bond donors (Lipinski definition) is 1. The first kappa shape index (κ1) is 15.8. The van der Waals surface area contributed by atoms with Gasteiger partial charge in [-0.05, 0) is 30.3 Å². The summed E-state index contributed by atoms with van der Waals surface area (Å²) in [6.45, 7) is 0.0801. The number of halogens is 3. The van der Waals surface area contributed by atoms with Gasteiger partial charge in [-0.1, -0.05) is 33.6 Å². The van der Waals surface area contributed by atoms with Crippen LogP contribution in [0, 0.1) is 5.82 Å². The van der Waals surface area contributed by atoms with Crippen molar-refractivity contribution in [2.75, 3.05) is 12.8 Å². The number of rotatable bonds is 3. The minimum Gasteiger partial charge on any atom is -0.399 e. The second-order valence-electron chi connectivity index (χ2n) is 4.63. The fraction of sp³-hybridized carbons (Fsp3) is 0.133. The van der Waals surface area contributed by atoms with Gasteiger partial charge in [0.15, 0.2) is 0 Å². The number of carbonyl (C=O) groups excluding carboxylic acids is 1. The number of nitrogens with zero attached hydrogens (tertiary/aromatic N) is 1. The number of hydrogen-bond acceptors (Lipinski definition) is 2. The van der Waals surface area contributed by atoms with Crippen LogP contribution in [0.1, 0.15) is 15.9 Å². The lowest BCUT2D eigenvalue weighted by atomic mass is 10.1. The van der Waals surface area contributed by atoms with Crippen molar-refractivity contribution >= 4 is 39.1 Å². The van der Waals surface area contributed by atoms with Gasteiger partial charge in [-0.3, -0.25) is 4.79 Å². The molecular formula is C15H13BrClFN2O. The first-order chi connectivity index (χ1) is 9.88. The molecule has 1 amide bonds. The molecule has 6 heteroatoms. The van der Waals surface area contributed by atoms with E-state index in [1.807, 2.05) is 0 Å². The molecule has 0 unspecified atom stereocenters. The van der Waals surface area contributed by atoms with Crippen molar-refractivity contribution in [1.82, 2.24) is 4.90 Å². The molecule has 0 aliphatic heterocycles. The molecule has 2 N–H and O–H groups in total. The third-order valence-corrected chi connectivity index (χ3v) is 3.78. The number of nitrogens with two attached hydrogens (primary N) is 1. The van der Waals surface area contributed by atoms with E-state index in [0.29, 0.717) is 20.7 Å². The summed E-state index contributed by atoms with van der Waals surface area (Å²) < 4.78 is 14.5. The number of nitrogen functional groups attached to an aromatic ring is 1. The van der Waals surface area contributed by atoms with Crippen molar-refractivity contribution in [1.29, 1.82) is 0 Å². The molecule has 2 aromatic rings. The zero-order valence-electron chi connectivity index (χ0n) is 11.2. The molecule has 21 heavy (non-hydrogen) atoms. The lowest BCUT2D eigenvalue weighted by molar-refractivity contribution is 0.0784. The van der Waals surface area contributed by atoms with Gasteiger partial charge in [-0.15, -0.1) is 0 Å². The average molecular weight is 372 g/mol. The average Bonchev–Trinajstić information content (AvgIpc) is 2.41. The molecule has 0 atom stereocenters. The van der Waals surface area contributed by atoms with E-state index in [9.17, 15) is 9.18 Å². The maximum atomic E-state index is 13.8. The normalized spacial score (nSPS) is 10.5. The van der Waals surface area contributed by atoms with Gasteiger partial charge in [-0.25, -0.2) is 4.39 Å². The number of benzene rings is 2. The second-order valence-corrected chi connectivity index (χ2v) is 5.96. The minimum absolute atomic E-state index is 0.0801. The zero-order chi connectivity index (χ0) is 15.6. The van der Waals surface area contributed by atoms with Gasteiger partial charge in [-0.2, -0.15) is 0 Å². The van der Waals surface area contributed by atoms with E-state index >= 15 is 0 Å². The van der Waals surface area contributed by atoms with Crippen molar-refractivity contribution in [2.24, 2.45) is 0 Å². The largest absolute Gasteiger partial charge is 0.399 e. The maximum absolute atomic E-state index is 13.8. The molecule has 3 nitrogen and oxygen atoms in total. The van der Waals surface area contributed by atoms with E-state index in [1.165, 1.54) is 17.0 Å². The fourth-order valence-electron chi connectivity index (χ4n) is 1.95. The van der Waals surface area contributed by atoms with Crippen molar-refractivity contribution in [3.63, 3.8) is 0 Å². The predicted octanol–water partition coefficient (Wildman–Crippen LogP) is 4.10. The van der Waals surface area contributed by atoms with Crippen LogP contribution in [0.3, 0.4) is 0 Å². The Hall–Kier alpha value is -1.59. The Balaban J connectivity index is 2.24. The van der Waals surface area contributed by atoms with Gasteiger partial charge in [0.25, 0.3) is 5.91 Å². The monoisotopic (exact) mass is 370 g/mol. The number of carbonyl (C=O) groups is 1. The van der Waals surface area contributed by atoms with Crippen LogP contribution >= 0.6 is 27.5 Å². The van der Waals surface area contributed by atoms with Crippen molar-refractivity contribution < 1.29 is 9.18 Å². The van der Waals surface area contributed by atoms with Crippen LogP contribution in [-0.2, 0) is 6.54 Å². The van der Waals surface area contributed by atoms with Gasteiger partial charge < -0.3 is 10.6 Å². The fourth-order valence-corrected chi connectivity index (χ4v) is 2.68. The molecule has 110 valence electrons. The molecule has 0 saturated heterocycles. The quantitative estimate of drug-likeness (QED) is 0.826. The lowest BCUT2D eigenvalue weighted by Gasteiger charge is -2.19. The van der Waals surface area contributed by atoms with E-state index in [2.05, 4.69) is 15.9 Å². The van der Waals surface area contributed by atoms with E-state index in [4.69, 9.17) is 17.3 Å². The summed E-state index contributed by atoms with van der Waals surface area (Å²) in [5.41, 5.74) is 6.91. The molecule has 2 aromatic carbocycles. The first-order valence-corrected chi connectivity index (χ1v) is 7.30. The Morgan fingerprint density at radius 2 is 2.10 bits per heavy atom. The molecule has 0 aliphatic rings. The summed E-state index contributed by atoms with van der Waals surface area (Å²) in [6, 6.07) is 9.37. The Morgan fingerprint density at radius 3 is 2.71 bits per heavy atom. The summed E-state index contributed by atoms with van der Waals surface area (Å²) in [5.74, 6) is -0.696. The highest BCUT2D eigenvalue weighted by molar-refractivity contribution is 9.10. The molecule has 0 aliphatic carbocycles. The van der Waals surface area contributed by atoms with E-state index in [1.54, 1.807) is 31.3 Å². The smallest absolute Gasteiger partial charge is 0.254 e. The van der Waals surface area contributed by atoms with Crippen LogP contribution in [0.15, 0.2) is 40.9 Å². The summed E-state index contributed by atoms with van der Waals surface area (Å²) in [7, 11) is 1.59. The lowest BCUT2D eigenvalue weighted by Crippen LogP contribution is -2.27. The predicted molar refractivity (Wildman–Crippen MR) is 85.8 cm³/mol. The summed E-state index contributed by atoms with van der Waals surface area (Å²) in [5, 5.41) is 0.295. The van der Waals surface area contributed by atoms with Crippen molar-refractivity contribution in [2.45, 2.75) is 6.54 Å². The molecule has 0 bridgehead atoms. The molecule has 0 heterocycles. The topological polar surface area (TPSA) is 46.3 Å². The summed E-state index contributed by atoms with van der Waals surface area (Å²) in [6.07, 6.45) is 0. The van der Waals surface area contributed by atoms with Crippen molar-refractivity contribution in [3.8, 4) is 0 Å². The Kier molecular flexibility index (Phi) is 4.85. The maximum Gasteiger partial charge on any atom is 0.254 e. The Morgan fingerprint density at radius 1 is 1.38 bits per heavy atom.